The summed E-state index contributed by atoms with van der Waals surface area (Å²) >= 11 is 0. The molecule has 1 N–H and O–H groups in total. The van der Waals surface area contributed by atoms with Gasteiger partial charge in [0.1, 0.15) is 5.75 Å². The number of ether oxygens (including phenoxy) is 2. The summed E-state index contributed by atoms with van der Waals surface area (Å²) in [5, 5.41) is 2.86. The van der Waals surface area contributed by atoms with Gasteiger partial charge < -0.3 is 14.8 Å². The lowest BCUT2D eigenvalue weighted by Crippen LogP contribution is -2.28. The van der Waals surface area contributed by atoms with Gasteiger partial charge in [-0.25, -0.2) is 0 Å². The highest BCUT2D eigenvalue weighted by Crippen LogP contribution is 2.29. The average molecular weight is 418 g/mol. The van der Waals surface area contributed by atoms with Crippen LogP contribution in [-0.2, 0) is 14.3 Å². The number of rotatable bonds is 8. The first kappa shape index (κ1) is 22.1. The van der Waals surface area contributed by atoms with Crippen molar-refractivity contribution >= 4 is 17.6 Å². The molecule has 0 aliphatic heterocycles. The number of carbonyl (C=O) groups is 2. The van der Waals surface area contributed by atoms with Crippen LogP contribution >= 0.6 is 0 Å². The number of aryl methyl sites for hydroxylation is 1. The molecular weight excluding hydrogens is 390 g/mol. The van der Waals surface area contributed by atoms with Gasteiger partial charge >= 0.3 is 5.97 Å². The highest BCUT2D eigenvalue weighted by atomic mass is 16.5. The summed E-state index contributed by atoms with van der Waals surface area (Å²) in [6, 6.07) is 24.0. The van der Waals surface area contributed by atoms with Crippen molar-refractivity contribution in [3.05, 3.63) is 95.6 Å². The molecule has 0 fully saturated rings. The Balaban J connectivity index is 1.88. The van der Waals surface area contributed by atoms with Crippen LogP contribution < -0.4 is 10.1 Å². The van der Waals surface area contributed by atoms with Gasteiger partial charge in [-0.15, -0.1) is 0 Å². The quantitative estimate of drug-likeness (QED) is 0.497. The third kappa shape index (κ3) is 5.51. The van der Waals surface area contributed by atoms with E-state index >= 15 is 0 Å². The van der Waals surface area contributed by atoms with Crippen LogP contribution in [0.25, 0.3) is 0 Å². The molecule has 3 aromatic rings. The van der Waals surface area contributed by atoms with E-state index in [2.05, 4.69) is 5.32 Å². The van der Waals surface area contributed by atoms with Gasteiger partial charge in [-0.2, -0.15) is 0 Å². The maximum atomic E-state index is 13.2. The number of hydrogen-bond acceptors (Lipinski definition) is 4. The van der Waals surface area contributed by atoms with E-state index < -0.39 is 23.9 Å². The van der Waals surface area contributed by atoms with Crippen LogP contribution in [0.5, 0.6) is 5.75 Å². The largest absolute Gasteiger partial charge is 0.495 e. The summed E-state index contributed by atoms with van der Waals surface area (Å²) in [6.45, 7) is 3.85. The summed E-state index contributed by atoms with van der Waals surface area (Å²) in [4.78, 5) is 26.3. The van der Waals surface area contributed by atoms with E-state index in [1.165, 1.54) is 0 Å². The van der Waals surface area contributed by atoms with Crippen molar-refractivity contribution in [2.24, 2.45) is 0 Å². The van der Waals surface area contributed by atoms with Crippen LogP contribution in [0.15, 0.2) is 78.9 Å². The minimum absolute atomic E-state index is 0.436. The highest BCUT2D eigenvalue weighted by molar-refractivity contribution is 5.97. The fourth-order valence-corrected chi connectivity index (χ4v) is 3.44. The third-order valence-electron chi connectivity index (χ3n) is 5.08. The number of nitrogens with one attached hydrogen (secondary N) is 1. The number of benzene rings is 3. The number of esters is 1. The second-order valence-electron chi connectivity index (χ2n) is 7.29. The Morgan fingerprint density at radius 1 is 0.903 bits per heavy atom. The van der Waals surface area contributed by atoms with Crippen LogP contribution in [0, 0.1) is 6.92 Å². The van der Waals surface area contributed by atoms with Crippen molar-refractivity contribution in [1.82, 2.24) is 0 Å². The number of hydrogen-bond donors (Lipinski definition) is 1. The van der Waals surface area contributed by atoms with Crippen molar-refractivity contribution < 1.29 is 19.1 Å². The predicted molar refractivity (Wildman–Crippen MR) is 121 cm³/mol. The molecule has 5 nitrogen and oxygen atoms in total. The molecule has 0 aromatic heterocycles. The molecule has 0 heterocycles. The molecular formula is C26H27NO4. The molecule has 160 valence electrons. The second kappa shape index (κ2) is 10.4. The van der Waals surface area contributed by atoms with Gasteiger partial charge in [0.15, 0.2) is 0 Å². The fraction of sp³-hybridized carbons (Fsp3) is 0.231. The third-order valence-corrected chi connectivity index (χ3v) is 5.08. The molecule has 0 saturated heterocycles. The van der Waals surface area contributed by atoms with Crippen molar-refractivity contribution in [2.45, 2.75) is 32.3 Å². The minimum Gasteiger partial charge on any atom is -0.495 e. The highest BCUT2D eigenvalue weighted by Gasteiger charge is 2.29. The first-order valence-electron chi connectivity index (χ1n) is 10.3. The molecule has 0 aliphatic carbocycles. The maximum Gasteiger partial charge on any atom is 0.314 e. The predicted octanol–water partition coefficient (Wildman–Crippen LogP) is 5.42. The molecule has 5 heteroatoms. The van der Waals surface area contributed by atoms with Gasteiger partial charge in [-0.05, 0) is 36.6 Å². The van der Waals surface area contributed by atoms with Gasteiger partial charge in [0.05, 0.1) is 18.7 Å². The van der Waals surface area contributed by atoms with E-state index in [9.17, 15) is 9.59 Å². The molecule has 2 atom stereocenters. The van der Waals surface area contributed by atoms with Crippen LogP contribution in [-0.4, -0.2) is 19.0 Å². The lowest BCUT2D eigenvalue weighted by molar-refractivity contribution is -0.156. The molecule has 0 spiro atoms. The lowest BCUT2D eigenvalue weighted by atomic mass is 9.96. The van der Waals surface area contributed by atoms with Gasteiger partial charge in [-0.1, -0.05) is 73.7 Å². The Kier molecular flexibility index (Phi) is 7.44. The first-order valence-corrected chi connectivity index (χ1v) is 10.3. The van der Waals surface area contributed by atoms with Crippen molar-refractivity contribution in [1.29, 1.82) is 0 Å². The fourth-order valence-electron chi connectivity index (χ4n) is 3.44. The second-order valence-corrected chi connectivity index (χ2v) is 7.29. The first-order chi connectivity index (χ1) is 15.0. The summed E-state index contributed by atoms with van der Waals surface area (Å²) in [5.41, 5.74) is 2.96. The molecule has 3 rings (SSSR count). The SMILES string of the molecule is CC[C@@H](C(=O)O[C@@H](C(=O)Nc1cc(C)ccc1OC)c1ccccc1)c1ccccc1. The zero-order valence-corrected chi connectivity index (χ0v) is 18.0. The van der Waals surface area contributed by atoms with E-state index in [0.29, 0.717) is 23.4 Å². The molecule has 0 aliphatic rings. The smallest absolute Gasteiger partial charge is 0.314 e. The van der Waals surface area contributed by atoms with Gasteiger partial charge in [0.25, 0.3) is 5.91 Å². The zero-order valence-electron chi connectivity index (χ0n) is 18.0. The number of carbonyl (C=O) groups excluding carboxylic acids is 2. The summed E-state index contributed by atoms with van der Waals surface area (Å²) in [5.74, 6) is -0.790. The van der Waals surface area contributed by atoms with E-state index in [1.807, 2.05) is 74.5 Å². The Hall–Kier alpha value is -3.60. The lowest BCUT2D eigenvalue weighted by Gasteiger charge is -2.22. The number of anilines is 1. The monoisotopic (exact) mass is 417 g/mol. The molecule has 3 aromatic carbocycles. The van der Waals surface area contributed by atoms with E-state index in [-0.39, 0.29) is 0 Å². The van der Waals surface area contributed by atoms with Crippen LogP contribution in [0.3, 0.4) is 0 Å². The normalized spacial score (nSPS) is 12.5. The number of amides is 1. The van der Waals surface area contributed by atoms with Crippen LogP contribution in [0.1, 0.15) is 42.1 Å². The molecule has 0 bridgehead atoms. The van der Waals surface area contributed by atoms with Crippen molar-refractivity contribution in [2.75, 3.05) is 12.4 Å². The number of methoxy groups -OCH3 is 1. The standard InChI is InChI=1S/C26H27NO4/c1-4-21(19-11-7-5-8-12-19)26(29)31-24(20-13-9-6-10-14-20)25(28)27-22-17-18(2)15-16-23(22)30-3/h5-17,21,24H,4H2,1-3H3,(H,27,28)/t21-,24-/m1/s1. The topological polar surface area (TPSA) is 64.6 Å². The van der Waals surface area contributed by atoms with Crippen molar-refractivity contribution in [3.8, 4) is 5.75 Å². The van der Waals surface area contributed by atoms with E-state index in [4.69, 9.17) is 9.47 Å². The minimum atomic E-state index is -1.09. The summed E-state index contributed by atoms with van der Waals surface area (Å²) in [7, 11) is 1.54. The molecule has 0 unspecified atom stereocenters. The zero-order chi connectivity index (χ0) is 22.2. The van der Waals surface area contributed by atoms with Crippen LogP contribution in [0.4, 0.5) is 5.69 Å². The van der Waals surface area contributed by atoms with Gasteiger partial charge in [0, 0.05) is 5.56 Å². The Morgan fingerprint density at radius 3 is 2.10 bits per heavy atom. The molecule has 0 saturated carbocycles. The van der Waals surface area contributed by atoms with Gasteiger partial charge in [-0.3, -0.25) is 9.59 Å². The van der Waals surface area contributed by atoms with E-state index in [1.54, 1.807) is 25.3 Å². The molecule has 31 heavy (non-hydrogen) atoms. The van der Waals surface area contributed by atoms with Crippen molar-refractivity contribution in [3.63, 3.8) is 0 Å². The Labute approximate surface area is 183 Å². The molecule has 1 amide bonds. The van der Waals surface area contributed by atoms with Crippen LogP contribution in [0.2, 0.25) is 0 Å². The summed E-state index contributed by atoms with van der Waals surface area (Å²) in [6.07, 6.45) is -0.519. The maximum absolute atomic E-state index is 13.2. The average Bonchev–Trinajstić information content (AvgIpc) is 2.79. The Morgan fingerprint density at radius 2 is 1.52 bits per heavy atom. The summed E-state index contributed by atoms with van der Waals surface area (Å²) < 4.78 is 11.1. The van der Waals surface area contributed by atoms with E-state index in [0.717, 1.165) is 11.1 Å². The molecule has 0 radical (unpaired) electrons. The Bertz CT molecular complexity index is 1020. The van der Waals surface area contributed by atoms with Gasteiger partial charge in [0.2, 0.25) is 6.10 Å².